The topological polar surface area (TPSA) is 263 Å². The minimum atomic E-state index is -1.34. The molecule has 0 unspecified atom stereocenters. The normalized spacial score (nSPS) is 18.1. The van der Waals surface area contributed by atoms with Crippen molar-refractivity contribution in [2.24, 2.45) is 5.16 Å². The Morgan fingerprint density at radius 3 is 2.68 bits per heavy atom. The van der Waals surface area contributed by atoms with Gasteiger partial charge in [-0.25, -0.2) is 24.4 Å². The quantitative estimate of drug-likeness (QED) is 0.0441. The number of hydrogen-bond acceptors (Lipinski definition) is 17. The van der Waals surface area contributed by atoms with Crippen LogP contribution in [0.25, 0.3) is 5.78 Å². The molecule has 5 N–H and O–H groups in total. The summed E-state index contributed by atoms with van der Waals surface area (Å²) in [7, 11) is 0. The summed E-state index contributed by atoms with van der Waals surface area (Å²) in [4.78, 5) is 81.8. The highest BCUT2D eigenvalue weighted by molar-refractivity contribution is 8.01. The molecule has 0 saturated carbocycles. The van der Waals surface area contributed by atoms with Gasteiger partial charge in [0.1, 0.15) is 27.8 Å². The van der Waals surface area contributed by atoms with Crippen LogP contribution in [0.2, 0.25) is 0 Å². The molecule has 4 aromatic rings. The van der Waals surface area contributed by atoms with Crippen LogP contribution >= 0.6 is 34.9 Å². The van der Waals surface area contributed by atoms with Crippen LogP contribution in [0.4, 0.5) is 5.13 Å². The zero-order valence-corrected chi connectivity index (χ0v) is 27.7. The maximum Gasteiger partial charge on any atom is 0.375 e. The van der Waals surface area contributed by atoms with Crippen LogP contribution in [0, 0.1) is 6.92 Å². The zero-order valence-electron chi connectivity index (χ0n) is 25.3. The van der Waals surface area contributed by atoms with Gasteiger partial charge in [-0.15, -0.1) is 40.0 Å². The van der Waals surface area contributed by atoms with Crippen molar-refractivity contribution in [3.63, 3.8) is 0 Å². The fraction of sp³-hybridized carbons (Fsp3) is 0.214. The Balaban J connectivity index is 1.08. The van der Waals surface area contributed by atoms with E-state index in [2.05, 4.69) is 30.5 Å². The lowest BCUT2D eigenvalue weighted by Crippen LogP contribution is -2.71. The third-order valence-corrected chi connectivity index (χ3v) is 10.4. The molecule has 50 heavy (non-hydrogen) atoms. The van der Waals surface area contributed by atoms with Crippen LogP contribution in [0.1, 0.15) is 32.4 Å². The van der Waals surface area contributed by atoms with E-state index >= 15 is 0 Å². The van der Waals surface area contributed by atoms with Gasteiger partial charge < -0.3 is 35.6 Å². The van der Waals surface area contributed by atoms with Gasteiger partial charge in [-0.05, 0) is 36.8 Å². The van der Waals surface area contributed by atoms with Crippen LogP contribution in [0.3, 0.4) is 0 Å². The molecule has 2 atom stereocenters. The molecular weight excluding hydrogens is 719 g/mol. The number of amides is 2. The van der Waals surface area contributed by atoms with Gasteiger partial charge in [0.05, 0.1) is 5.56 Å². The Labute approximate surface area is 291 Å². The highest BCUT2D eigenvalue weighted by Crippen LogP contribution is 2.42. The van der Waals surface area contributed by atoms with Crippen molar-refractivity contribution in [3.8, 4) is 11.5 Å². The summed E-state index contributed by atoms with van der Waals surface area (Å²) in [5, 5.41) is 30.9. The maximum absolute atomic E-state index is 13.5. The number of thioether (sulfide) groups is 2. The second-order valence-corrected chi connectivity index (χ2v) is 13.5. The summed E-state index contributed by atoms with van der Waals surface area (Å²) in [5.41, 5.74) is 6.08. The smallest absolute Gasteiger partial charge is 0.375 e. The van der Waals surface area contributed by atoms with Crippen LogP contribution in [0.5, 0.6) is 11.5 Å². The molecule has 0 aliphatic carbocycles. The first-order valence-corrected chi connectivity index (χ1v) is 17.1. The number of aryl methyl sites for hydroxylation is 1. The molecule has 7 rings (SSSR count). The predicted molar refractivity (Wildman–Crippen MR) is 174 cm³/mol. The number of nitrogens with two attached hydrogens (primary N) is 1. The molecule has 19 nitrogen and oxygen atoms in total. The maximum atomic E-state index is 13.5. The molecule has 3 aliphatic rings. The first-order chi connectivity index (χ1) is 24.0. The van der Waals surface area contributed by atoms with Crippen LogP contribution in [-0.2, 0) is 19.2 Å². The average Bonchev–Trinajstić information content (AvgIpc) is 3.85. The Bertz CT molecular complexity index is 2200. The number of benzene rings is 1. The molecular formula is C28H21N9O10S3. The fourth-order valence-corrected chi connectivity index (χ4v) is 8.16. The van der Waals surface area contributed by atoms with Gasteiger partial charge in [0.25, 0.3) is 23.4 Å². The Morgan fingerprint density at radius 1 is 1.14 bits per heavy atom. The largest absolute Gasteiger partial charge is 0.477 e. The second-order valence-electron chi connectivity index (χ2n) is 10.6. The second kappa shape index (κ2) is 12.9. The lowest BCUT2D eigenvalue weighted by atomic mass is 10.0. The number of oxime groups is 1. The highest BCUT2D eigenvalue weighted by atomic mass is 32.2. The van der Waals surface area contributed by atoms with E-state index in [1.165, 1.54) is 51.6 Å². The lowest BCUT2D eigenvalue weighted by molar-refractivity contribution is -0.150. The number of ether oxygens (including phenoxy) is 2. The molecule has 256 valence electrons. The van der Waals surface area contributed by atoms with Crippen LogP contribution < -0.4 is 20.5 Å². The number of nitrogen functional groups attached to an aromatic ring is 1. The van der Waals surface area contributed by atoms with E-state index in [0.29, 0.717) is 27.8 Å². The molecule has 1 fully saturated rings. The lowest BCUT2D eigenvalue weighted by Gasteiger charge is -2.49. The summed E-state index contributed by atoms with van der Waals surface area (Å²) in [6, 6.07) is 4.85. The summed E-state index contributed by atoms with van der Waals surface area (Å²) < 4.78 is 11.8. The van der Waals surface area contributed by atoms with Gasteiger partial charge in [0.2, 0.25) is 6.79 Å². The molecule has 2 amide bonds. The first kappa shape index (κ1) is 32.8. The van der Waals surface area contributed by atoms with E-state index < -0.39 is 52.7 Å². The van der Waals surface area contributed by atoms with Crippen molar-refractivity contribution in [2.75, 3.05) is 24.0 Å². The summed E-state index contributed by atoms with van der Waals surface area (Å²) in [5.74, 6) is -4.49. The van der Waals surface area contributed by atoms with Crippen molar-refractivity contribution in [3.05, 3.63) is 63.7 Å². The van der Waals surface area contributed by atoms with Gasteiger partial charge in [-0.1, -0.05) is 5.16 Å². The van der Waals surface area contributed by atoms with Crippen LogP contribution in [0.15, 0.2) is 51.1 Å². The number of aliphatic carboxylic acids is 1. The number of aromatic nitrogens is 5. The number of carboxylic acid groups (broad SMARTS) is 2. The van der Waals surface area contributed by atoms with Crippen molar-refractivity contribution in [1.29, 1.82) is 0 Å². The molecule has 0 spiro atoms. The highest BCUT2D eigenvalue weighted by Gasteiger charge is 2.54. The summed E-state index contributed by atoms with van der Waals surface area (Å²) in [6.07, 6.45) is 0. The molecule has 0 bridgehead atoms. The van der Waals surface area contributed by atoms with E-state index in [1.807, 2.05) is 0 Å². The van der Waals surface area contributed by atoms with Crippen molar-refractivity contribution in [2.45, 2.75) is 23.4 Å². The number of carboxylic acids is 2. The molecule has 6 heterocycles. The zero-order chi connectivity index (χ0) is 35.3. The molecule has 1 saturated heterocycles. The van der Waals surface area contributed by atoms with Crippen molar-refractivity contribution < 1.29 is 48.5 Å². The number of rotatable bonds is 10. The minimum Gasteiger partial charge on any atom is -0.477 e. The van der Waals surface area contributed by atoms with Crippen LogP contribution in [-0.4, -0.2) is 105 Å². The number of fused-ring (bicyclic) bond motifs is 3. The Kier molecular flexibility index (Phi) is 8.49. The van der Waals surface area contributed by atoms with Gasteiger partial charge in [-0.3, -0.25) is 14.5 Å². The van der Waals surface area contributed by atoms with E-state index in [1.54, 1.807) is 13.0 Å². The molecule has 1 aromatic carbocycles. The predicted octanol–water partition coefficient (Wildman–Crippen LogP) is 0.990. The Hall–Kier alpha value is -5.74. The number of anilines is 1. The Morgan fingerprint density at radius 2 is 1.94 bits per heavy atom. The number of β-lactam (4-membered cyclic amide) rings is 1. The first-order valence-electron chi connectivity index (χ1n) is 14.2. The van der Waals surface area contributed by atoms with Crippen molar-refractivity contribution >= 4 is 81.2 Å². The third-order valence-electron chi connectivity index (χ3n) is 7.34. The number of aromatic carboxylic acids is 1. The van der Waals surface area contributed by atoms with Gasteiger partial charge >= 0.3 is 17.9 Å². The number of nitrogens with zero attached hydrogens (tertiary/aromatic N) is 7. The minimum absolute atomic E-state index is 0.00244. The number of carbonyl (C=O) groups is 5. The molecule has 3 aliphatic heterocycles. The number of carbonyl (C=O) groups excluding carboxylic acids is 3. The number of hydrogen-bond donors (Lipinski definition) is 4. The average molecular weight is 740 g/mol. The third kappa shape index (κ3) is 6.03. The number of thiazole rings is 1. The summed E-state index contributed by atoms with van der Waals surface area (Å²) >= 11 is 3.41. The molecule has 3 aromatic heterocycles. The van der Waals surface area contributed by atoms with Gasteiger partial charge in [-0.2, -0.15) is 9.50 Å². The van der Waals surface area contributed by atoms with E-state index in [0.717, 1.165) is 16.2 Å². The monoisotopic (exact) mass is 739 g/mol. The fourth-order valence-electron chi connectivity index (χ4n) is 5.08. The molecule has 22 heteroatoms. The molecule has 0 radical (unpaired) electrons. The van der Waals surface area contributed by atoms with Gasteiger partial charge in [0.15, 0.2) is 22.3 Å². The van der Waals surface area contributed by atoms with E-state index in [9.17, 15) is 34.2 Å². The number of nitrogens with one attached hydrogen (secondary N) is 1. The SMILES string of the molecule is Cc1cc(SCC2=C(C(=O)O)N3C(=O)[C@@H](NC(=O)C(=NOC(=O)c4ccc5c(c4)OCO5)c4csc(N)n4)[C@H]3SC2)n2nc(C(=O)O)nc2n1. The van der Waals surface area contributed by atoms with Crippen molar-refractivity contribution in [1.82, 2.24) is 34.8 Å². The standard InChI is InChI=1S/C28H21N9O10S3/c1-10-4-16(37-28(30-10)33-20(34-37)25(42)43)48-6-12-7-49-23-18(22(39)36(23)19(12)24(40)41)32-21(38)17(13-8-50-27(29)31-13)35-47-26(44)11-2-3-14-15(5-11)46-9-45-14/h2-5,8,18,23H,6-7,9H2,1H3,(H2,29,31)(H,32,38)(H,40,41)(H,42,43)/t18-,23-/m1/s1. The van der Waals surface area contributed by atoms with Gasteiger partial charge in [0, 0.05) is 22.6 Å². The van der Waals surface area contributed by atoms with E-state index in [4.69, 9.17) is 20.0 Å². The summed E-state index contributed by atoms with van der Waals surface area (Å²) in [6.45, 7) is 1.69. The van der Waals surface area contributed by atoms with E-state index in [-0.39, 0.29) is 46.2 Å².